The monoisotopic (exact) mass is 297 g/mol. The lowest BCUT2D eigenvalue weighted by Crippen LogP contribution is -2.38. The van der Waals surface area contributed by atoms with Crippen molar-refractivity contribution in [3.8, 4) is 11.5 Å². The third kappa shape index (κ3) is 2.21. The number of amides is 1. The SMILES string of the molecule is CC(=O)N1CCC2(CC1)CC2c1nnc(-c2ccccc2)o1. The van der Waals surface area contributed by atoms with E-state index in [-0.39, 0.29) is 11.3 Å². The summed E-state index contributed by atoms with van der Waals surface area (Å²) >= 11 is 0. The van der Waals surface area contributed by atoms with Gasteiger partial charge in [-0.15, -0.1) is 10.2 Å². The number of nitrogens with zero attached hydrogens (tertiary/aromatic N) is 3. The highest BCUT2D eigenvalue weighted by Gasteiger charge is 2.58. The van der Waals surface area contributed by atoms with E-state index in [1.165, 1.54) is 0 Å². The van der Waals surface area contributed by atoms with E-state index in [9.17, 15) is 4.79 Å². The van der Waals surface area contributed by atoms with Crippen molar-refractivity contribution in [2.24, 2.45) is 5.41 Å². The fourth-order valence-electron chi connectivity index (χ4n) is 3.59. The molecule has 1 aromatic heterocycles. The summed E-state index contributed by atoms with van der Waals surface area (Å²) in [6, 6.07) is 9.86. The molecule has 1 saturated heterocycles. The van der Waals surface area contributed by atoms with Gasteiger partial charge in [-0.3, -0.25) is 4.79 Å². The number of hydrogen-bond acceptors (Lipinski definition) is 4. The Morgan fingerprint density at radius 3 is 2.64 bits per heavy atom. The predicted octanol–water partition coefficient (Wildman–Crippen LogP) is 2.85. The van der Waals surface area contributed by atoms with E-state index < -0.39 is 0 Å². The Balaban J connectivity index is 1.47. The van der Waals surface area contributed by atoms with E-state index in [1.807, 2.05) is 35.2 Å². The van der Waals surface area contributed by atoms with E-state index in [2.05, 4.69) is 10.2 Å². The second-order valence-corrected chi connectivity index (χ2v) is 6.44. The topological polar surface area (TPSA) is 59.2 Å². The molecule has 0 bridgehead atoms. The van der Waals surface area contributed by atoms with Crippen LogP contribution in [0.1, 0.15) is 38.0 Å². The molecule has 2 heterocycles. The molecule has 0 N–H and O–H groups in total. The van der Waals surface area contributed by atoms with Gasteiger partial charge in [-0.25, -0.2) is 0 Å². The standard InChI is InChI=1S/C17H19N3O2/c1-12(21)20-9-7-17(8-10-20)11-14(17)16-19-18-15(22-16)13-5-3-2-4-6-13/h2-6,14H,7-11H2,1H3. The van der Waals surface area contributed by atoms with Crippen LogP contribution in [0.5, 0.6) is 0 Å². The highest BCUT2D eigenvalue weighted by molar-refractivity contribution is 5.73. The Morgan fingerprint density at radius 2 is 1.95 bits per heavy atom. The Labute approximate surface area is 129 Å². The van der Waals surface area contributed by atoms with Crippen LogP contribution >= 0.6 is 0 Å². The zero-order valence-corrected chi connectivity index (χ0v) is 12.7. The zero-order chi connectivity index (χ0) is 15.2. The quantitative estimate of drug-likeness (QED) is 0.855. The Hall–Kier alpha value is -2.17. The molecule has 4 rings (SSSR count). The molecular formula is C17H19N3O2. The number of carbonyl (C=O) groups excluding carboxylic acids is 1. The molecule has 2 aromatic rings. The number of carbonyl (C=O) groups is 1. The van der Waals surface area contributed by atoms with Crippen LogP contribution in [0.15, 0.2) is 34.7 Å². The van der Waals surface area contributed by atoms with Gasteiger partial charge in [-0.2, -0.15) is 0 Å². The molecule has 114 valence electrons. The van der Waals surface area contributed by atoms with Crippen LogP contribution in [0.25, 0.3) is 11.5 Å². The second-order valence-electron chi connectivity index (χ2n) is 6.44. The van der Waals surface area contributed by atoms with Gasteiger partial charge in [0.25, 0.3) is 0 Å². The van der Waals surface area contributed by atoms with Gasteiger partial charge in [0.1, 0.15) is 0 Å². The number of aromatic nitrogens is 2. The molecule has 1 spiro atoms. The largest absolute Gasteiger partial charge is 0.420 e. The first-order valence-electron chi connectivity index (χ1n) is 7.82. The Kier molecular flexibility index (Phi) is 3.03. The van der Waals surface area contributed by atoms with Crippen LogP contribution < -0.4 is 0 Å². The minimum Gasteiger partial charge on any atom is -0.420 e. The fourth-order valence-corrected chi connectivity index (χ4v) is 3.59. The van der Waals surface area contributed by atoms with Crippen molar-refractivity contribution >= 4 is 5.91 Å². The summed E-state index contributed by atoms with van der Waals surface area (Å²) in [5.74, 6) is 1.90. The molecular weight excluding hydrogens is 278 g/mol. The third-order valence-corrected chi connectivity index (χ3v) is 5.15. The summed E-state index contributed by atoms with van der Waals surface area (Å²) in [6.07, 6.45) is 3.19. The van der Waals surface area contributed by atoms with Crippen LogP contribution in [-0.2, 0) is 4.79 Å². The summed E-state index contributed by atoms with van der Waals surface area (Å²) in [5, 5.41) is 8.45. The summed E-state index contributed by atoms with van der Waals surface area (Å²) in [5.41, 5.74) is 1.24. The molecule has 1 aromatic carbocycles. The maximum absolute atomic E-state index is 11.4. The summed E-state index contributed by atoms with van der Waals surface area (Å²) < 4.78 is 5.89. The first-order valence-corrected chi connectivity index (χ1v) is 7.82. The molecule has 1 amide bonds. The van der Waals surface area contributed by atoms with Crippen molar-refractivity contribution in [3.05, 3.63) is 36.2 Å². The zero-order valence-electron chi connectivity index (χ0n) is 12.7. The Bertz CT molecular complexity index is 687. The van der Waals surface area contributed by atoms with Gasteiger partial charge >= 0.3 is 0 Å². The van der Waals surface area contributed by atoms with Crippen LogP contribution in [0.2, 0.25) is 0 Å². The molecule has 1 saturated carbocycles. The Morgan fingerprint density at radius 1 is 1.23 bits per heavy atom. The lowest BCUT2D eigenvalue weighted by atomic mass is 9.91. The first-order chi connectivity index (χ1) is 10.7. The average Bonchev–Trinajstić information content (AvgIpc) is 3.02. The maximum Gasteiger partial charge on any atom is 0.247 e. The van der Waals surface area contributed by atoms with Crippen molar-refractivity contribution in [2.75, 3.05) is 13.1 Å². The van der Waals surface area contributed by atoms with Crippen LogP contribution in [-0.4, -0.2) is 34.1 Å². The first kappa shape index (κ1) is 13.5. The molecule has 5 nitrogen and oxygen atoms in total. The van der Waals surface area contributed by atoms with Gasteiger partial charge in [0.05, 0.1) is 0 Å². The second kappa shape index (κ2) is 4.93. The van der Waals surface area contributed by atoms with E-state index in [1.54, 1.807) is 6.92 Å². The smallest absolute Gasteiger partial charge is 0.247 e. The third-order valence-electron chi connectivity index (χ3n) is 5.15. The van der Waals surface area contributed by atoms with Gasteiger partial charge < -0.3 is 9.32 Å². The van der Waals surface area contributed by atoms with Crippen molar-refractivity contribution in [1.82, 2.24) is 15.1 Å². The highest BCUT2D eigenvalue weighted by atomic mass is 16.4. The van der Waals surface area contributed by atoms with Crippen molar-refractivity contribution < 1.29 is 9.21 Å². The minimum atomic E-state index is 0.177. The fraction of sp³-hybridized carbons (Fsp3) is 0.471. The minimum absolute atomic E-state index is 0.177. The van der Waals surface area contributed by atoms with Crippen LogP contribution in [0, 0.1) is 5.41 Å². The van der Waals surface area contributed by atoms with Crippen molar-refractivity contribution in [3.63, 3.8) is 0 Å². The average molecular weight is 297 g/mol. The van der Waals surface area contributed by atoms with Crippen molar-refractivity contribution in [2.45, 2.75) is 32.1 Å². The lowest BCUT2D eigenvalue weighted by Gasteiger charge is -2.31. The number of benzene rings is 1. The van der Waals surface area contributed by atoms with E-state index >= 15 is 0 Å². The molecule has 2 aliphatic rings. The number of rotatable bonds is 2. The molecule has 1 aliphatic carbocycles. The maximum atomic E-state index is 11.4. The normalized spacial score (nSPS) is 22.8. The van der Waals surface area contributed by atoms with Gasteiger partial charge in [0, 0.05) is 31.5 Å². The number of piperidine rings is 1. The van der Waals surface area contributed by atoms with Gasteiger partial charge in [0.15, 0.2) is 0 Å². The van der Waals surface area contributed by atoms with E-state index in [0.717, 1.165) is 43.8 Å². The van der Waals surface area contributed by atoms with Crippen LogP contribution in [0.4, 0.5) is 0 Å². The van der Waals surface area contributed by atoms with E-state index in [4.69, 9.17) is 4.42 Å². The van der Waals surface area contributed by atoms with E-state index in [0.29, 0.717) is 11.8 Å². The number of hydrogen-bond donors (Lipinski definition) is 0. The van der Waals surface area contributed by atoms with Crippen molar-refractivity contribution in [1.29, 1.82) is 0 Å². The molecule has 1 atom stereocenters. The highest BCUT2D eigenvalue weighted by Crippen LogP contribution is 2.64. The predicted molar refractivity (Wildman–Crippen MR) is 81.0 cm³/mol. The van der Waals surface area contributed by atoms with Gasteiger partial charge in [-0.05, 0) is 36.8 Å². The summed E-state index contributed by atoms with van der Waals surface area (Å²) in [7, 11) is 0. The molecule has 0 radical (unpaired) electrons. The number of likely N-dealkylation sites (tertiary alicyclic amines) is 1. The molecule has 1 unspecified atom stereocenters. The molecule has 5 heteroatoms. The summed E-state index contributed by atoms with van der Waals surface area (Å²) in [6.45, 7) is 3.35. The molecule has 22 heavy (non-hydrogen) atoms. The molecule has 2 fully saturated rings. The molecule has 1 aliphatic heterocycles. The van der Waals surface area contributed by atoms with Crippen LogP contribution in [0.3, 0.4) is 0 Å². The summed E-state index contributed by atoms with van der Waals surface area (Å²) in [4.78, 5) is 13.4. The van der Waals surface area contributed by atoms with Gasteiger partial charge in [-0.1, -0.05) is 18.2 Å². The lowest BCUT2D eigenvalue weighted by molar-refractivity contribution is -0.130. The van der Waals surface area contributed by atoms with Gasteiger partial charge in [0.2, 0.25) is 17.7 Å².